The Balaban J connectivity index is 2.59. The van der Waals surface area contributed by atoms with Crippen LogP contribution in [0.4, 0.5) is 8.78 Å². The number of methoxy groups -OCH3 is 3. The van der Waals surface area contributed by atoms with Crippen molar-refractivity contribution in [3.63, 3.8) is 0 Å². The predicted octanol–water partition coefficient (Wildman–Crippen LogP) is 1.91. The van der Waals surface area contributed by atoms with Crippen LogP contribution in [0.15, 0.2) is 12.1 Å². The highest BCUT2D eigenvalue weighted by Gasteiger charge is 2.71. The summed E-state index contributed by atoms with van der Waals surface area (Å²) in [6.45, 7) is 0. The van der Waals surface area contributed by atoms with Crippen LogP contribution in [0.5, 0.6) is 17.2 Å². The summed E-state index contributed by atoms with van der Waals surface area (Å²) < 4.78 is 42.1. The van der Waals surface area contributed by atoms with Crippen LogP contribution in [-0.2, 0) is 5.54 Å². The molecule has 1 fully saturated rings. The van der Waals surface area contributed by atoms with Gasteiger partial charge in [-0.05, 0) is 0 Å². The predicted molar refractivity (Wildman–Crippen MR) is 61.5 cm³/mol. The van der Waals surface area contributed by atoms with E-state index in [1.807, 2.05) is 0 Å². The zero-order chi connectivity index (χ0) is 13.6. The van der Waals surface area contributed by atoms with Gasteiger partial charge in [0.2, 0.25) is 0 Å². The van der Waals surface area contributed by atoms with Crippen molar-refractivity contribution in [1.82, 2.24) is 0 Å². The number of hydrogen-bond acceptors (Lipinski definition) is 4. The van der Waals surface area contributed by atoms with E-state index in [-0.39, 0.29) is 17.1 Å². The summed E-state index contributed by atoms with van der Waals surface area (Å²) in [5.41, 5.74) is 4.19. The zero-order valence-electron chi connectivity index (χ0n) is 10.4. The first-order valence-electron chi connectivity index (χ1n) is 5.37. The molecule has 0 bridgehead atoms. The second-order valence-electron chi connectivity index (χ2n) is 4.26. The van der Waals surface area contributed by atoms with Crippen LogP contribution >= 0.6 is 0 Å². The Hall–Kier alpha value is -1.56. The number of halogens is 2. The fraction of sp³-hybridized carbons (Fsp3) is 0.500. The Morgan fingerprint density at radius 3 is 1.78 bits per heavy atom. The molecule has 1 saturated carbocycles. The SMILES string of the molecule is COc1cc(OC)c(C2(N)CC2(F)F)c(OC)c1. The quantitative estimate of drug-likeness (QED) is 0.897. The molecule has 1 aromatic carbocycles. The van der Waals surface area contributed by atoms with Gasteiger partial charge < -0.3 is 19.9 Å². The van der Waals surface area contributed by atoms with E-state index in [0.29, 0.717) is 5.75 Å². The summed E-state index contributed by atoms with van der Waals surface area (Å²) in [5, 5.41) is 0. The lowest BCUT2D eigenvalue weighted by atomic mass is 10.0. The maximum Gasteiger partial charge on any atom is 0.272 e. The first kappa shape index (κ1) is 12.9. The lowest BCUT2D eigenvalue weighted by Gasteiger charge is -2.19. The Labute approximate surface area is 104 Å². The van der Waals surface area contributed by atoms with Gasteiger partial charge in [0, 0.05) is 18.6 Å². The largest absolute Gasteiger partial charge is 0.496 e. The van der Waals surface area contributed by atoms with Crippen LogP contribution in [0.3, 0.4) is 0 Å². The lowest BCUT2D eigenvalue weighted by Crippen LogP contribution is -2.28. The van der Waals surface area contributed by atoms with E-state index in [9.17, 15) is 8.78 Å². The number of rotatable bonds is 4. The minimum Gasteiger partial charge on any atom is -0.496 e. The van der Waals surface area contributed by atoms with E-state index >= 15 is 0 Å². The van der Waals surface area contributed by atoms with Crippen LogP contribution in [0.2, 0.25) is 0 Å². The Bertz CT molecular complexity index is 453. The van der Waals surface area contributed by atoms with Crippen molar-refractivity contribution in [2.24, 2.45) is 5.73 Å². The Kier molecular flexibility index (Phi) is 2.85. The molecule has 2 N–H and O–H groups in total. The molecule has 1 unspecified atom stereocenters. The van der Waals surface area contributed by atoms with Gasteiger partial charge in [0.15, 0.2) is 0 Å². The molecule has 1 aliphatic rings. The number of hydrogen-bond donors (Lipinski definition) is 1. The van der Waals surface area contributed by atoms with E-state index in [4.69, 9.17) is 19.9 Å². The van der Waals surface area contributed by atoms with E-state index in [1.165, 1.54) is 33.5 Å². The fourth-order valence-electron chi connectivity index (χ4n) is 2.02. The maximum absolute atomic E-state index is 13.4. The summed E-state index contributed by atoms with van der Waals surface area (Å²) in [4.78, 5) is 0. The first-order valence-corrected chi connectivity index (χ1v) is 5.37. The summed E-state index contributed by atoms with van der Waals surface area (Å²) in [5.74, 6) is -2.00. The summed E-state index contributed by atoms with van der Waals surface area (Å²) in [7, 11) is 4.25. The fourth-order valence-corrected chi connectivity index (χ4v) is 2.02. The van der Waals surface area contributed by atoms with Crippen molar-refractivity contribution in [2.45, 2.75) is 17.9 Å². The molecule has 1 aliphatic carbocycles. The van der Waals surface area contributed by atoms with Gasteiger partial charge >= 0.3 is 0 Å². The number of alkyl halides is 2. The number of benzene rings is 1. The van der Waals surface area contributed by atoms with Gasteiger partial charge in [-0.2, -0.15) is 0 Å². The molecule has 100 valence electrons. The minimum atomic E-state index is -2.94. The second-order valence-corrected chi connectivity index (χ2v) is 4.26. The molecule has 0 aliphatic heterocycles. The van der Waals surface area contributed by atoms with Gasteiger partial charge in [0.25, 0.3) is 5.92 Å². The van der Waals surface area contributed by atoms with Crippen molar-refractivity contribution in [3.8, 4) is 17.2 Å². The molecule has 0 spiro atoms. The van der Waals surface area contributed by atoms with Crippen molar-refractivity contribution in [2.75, 3.05) is 21.3 Å². The van der Waals surface area contributed by atoms with Crippen LogP contribution in [0.1, 0.15) is 12.0 Å². The second kappa shape index (κ2) is 3.98. The molecule has 6 heteroatoms. The third-order valence-electron chi connectivity index (χ3n) is 3.19. The molecule has 1 aromatic rings. The maximum atomic E-state index is 13.4. The van der Waals surface area contributed by atoms with Crippen LogP contribution in [0, 0.1) is 0 Å². The average Bonchev–Trinajstić information content (AvgIpc) is 2.87. The normalized spacial score (nSPS) is 24.6. The molecule has 1 atom stereocenters. The molecule has 18 heavy (non-hydrogen) atoms. The van der Waals surface area contributed by atoms with Crippen LogP contribution in [-0.4, -0.2) is 27.3 Å². The van der Waals surface area contributed by atoms with Crippen molar-refractivity contribution >= 4 is 0 Å². The lowest BCUT2D eigenvalue weighted by molar-refractivity contribution is 0.0876. The van der Waals surface area contributed by atoms with Crippen molar-refractivity contribution < 1.29 is 23.0 Å². The third kappa shape index (κ3) is 1.68. The van der Waals surface area contributed by atoms with E-state index in [1.54, 1.807) is 0 Å². The van der Waals surface area contributed by atoms with E-state index in [0.717, 1.165) is 0 Å². The molecular formula is C12H15F2NO3. The molecule has 0 heterocycles. The molecule has 0 radical (unpaired) electrons. The third-order valence-corrected chi connectivity index (χ3v) is 3.19. The van der Waals surface area contributed by atoms with Crippen molar-refractivity contribution in [3.05, 3.63) is 17.7 Å². The Morgan fingerprint density at radius 1 is 1.06 bits per heavy atom. The first-order chi connectivity index (χ1) is 8.39. The minimum absolute atomic E-state index is 0.179. The van der Waals surface area contributed by atoms with Gasteiger partial charge in [0.1, 0.15) is 22.8 Å². The Morgan fingerprint density at radius 2 is 1.50 bits per heavy atom. The highest BCUT2D eigenvalue weighted by Crippen LogP contribution is 2.61. The summed E-state index contributed by atoms with van der Waals surface area (Å²) in [6, 6.07) is 3.03. The smallest absolute Gasteiger partial charge is 0.272 e. The van der Waals surface area contributed by atoms with Gasteiger partial charge in [0.05, 0.1) is 26.9 Å². The number of nitrogens with two attached hydrogens (primary N) is 1. The standard InChI is InChI=1S/C12H15F2NO3/c1-16-7-4-8(17-2)10(9(5-7)18-3)11(15)6-12(11,13)14/h4-5H,6,15H2,1-3H3. The monoisotopic (exact) mass is 259 g/mol. The van der Waals surface area contributed by atoms with Crippen molar-refractivity contribution in [1.29, 1.82) is 0 Å². The van der Waals surface area contributed by atoms with Gasteiger partial charge in [-0.3, -0.25) is 0 Å². The average molecular weight is 259 g/mol. The summed E-state index contributed by atoms with van der Waals surface area (Å²) >= 11 is 0. The highest BCUT2D eigenvalue weighted by atomic mass is 19.3. The molecular weight excluding hydrogens is 244 g/mol. The van der Waals surface area contributed by atoms with Crippen LogP contribution < -0.4 is 19.9 Å². The van der Waals surface area contributed by atoms with E-state index in [2.05, 4.69) is 0 Å². The summed E-state index contributed by atoms with van der Waals surface area (Å²) in [6.07, 6.45) is -0.418. The molecule has 2 rings (SSSR count). The molecule has 4 nitrogen and oxygen atoms in total. The van der Waals surface area contributed by atoms with E-state index < -0.39 is 17.9 Å². The van der Waals surface area contributed by atoms with Gasteiger partial charge in [-0.1, -0.05) is 0 Å². The molecule has 0 saturated heterocycles. The molecule has 0 amide bonds. The number of ether oxygens (including phenoxy) is 3. The van der Waals surface area contributed by atoms with Gasteiger partial charge in [-0.25, -0.2) is 8.78 Å². The molecule has 0 aromatic heterocycles. The topological polar surface area (TPSA) is 53.7 Å². The van der Waals surface area contributed by atoms with Crippen LogP contribution in [0.25, 0.3) is 0 Å². The highest BCUT2D eigenvalue weighted by molar-refractivity contribution is 5.57. The zero-order valence-corrected chi connectivity index (χ0v) is 10.4. The van der Waals surface area contributed by atoms with Gasteiger partial charge in [-0.15, -0.1) is 0 Å².